The average Bonchev–Trinajstić information content (AvgIpc) is 2.78. The smallest absolute Gasteiger partial charge is 0.128 e. The Bertz CT molecular complexity index is 313. The van der Waals surface area contributed by atoms with Crippen molar-refractivity contribution in [3.8, 4) is 0 Å². The summed E-state index contributed by atoms with van der Waals surface area (Å²) in [5.74, 6) is 1.31. The summed E-state index contributed by atoms with van der Waals surface area (Å²) in [4.78, 5) is 6.45. The van der Waals surface area contributed by atoms with Gasteiger partial charge < -0.3 is 15.1 Å². The molecule has 82 valence electrons. The van der Waals surface area contributed by atoms with Gasteiger partial charge in [0, 0.05) is 31.8 Å². The number of nitrogens with zero attached hydrogens (tertiary/aromatic N) is 2. The van der Waals surface area contributed by atoms with E-state index >= 15 is 0 Å². The van der Waals surface area contributed by atoms with Crippen LogP contribution < -0.4 is 4.90 Å². The van der Waals surface area contributed by atoms with E-state index in [1.165, 1.54) is 0 Å². The van der Waals surface area contributed by atoms with E-state index in [0.29, 0.717) is 5.92 Å². The standard InChI is InChI=1S/C11H16N2O2/c14-7-9-1-2-11(12-5-9)13-4-3-10(6-13)8-15/h1-2,5,10,14-15H,3-4,6-8H2. The number of hydrogen-bond acceptors (Lipinski definition) is 4. The van der Waals surface area contributed by atoms with Crippen molar-refractivity contribution in [2.45, 2.75) is 13.0 Å². The maximum absolute atomic E-state index is 9.03. The topological polar surface area (TPSA) is 56.6 Å². The van der Waals surface area contributed by atoms with Gasteiger partial charge in [-0.2, -0.15) is 0 Å². The van der Waals surface area contributed by atoms with Gasteiger partial charge in [0.05, 0.1) is 6.61 Å². The maximum atomic E-state index is 9.03. The Morgan fingerprint density at radius 2 is 2.27 bits per heavy atom. The first-order valence-electron chi connectivity index (χ1n) is 5.25. The second kappa shape index (κ2) is 4.59. The molecule has 0 amide bonds. The highest BCUT2D eigenvalue weighted by atomic mass is 16.3. The normalized spacial score (nSPS) is 20.9. The molecule has 1 atom stereocenters. The third-order valence-corrected chi connectivity index (χ3v) is 2.86. The first kappa shape index (κ1) is 10.4. The van der Waals surface area contributed by atoms with Gasteiger partial charge in [0.1, 0.15) is 5.82 Å². The predicted octanol–water partition coefficient (Wildman–Crippen LogP) is 0.393. The lowest BCUT2D eigenvalue weighted by Gasteiger charge is -2.17. The van der Waals surface area contributed by atoms with Crippen molar-refractivity contribution in [3.05, 3.63) is 23.9 Å². The molecule has 2 N–H and O–H groups in total. The van der Waals surface area contributed by atoms with E-state index in [9.17, 15) is 0 Å². The summed E-state index contributed by atoms with van der Waals surface area (Å²) in [6, 6.07) is 3.81. The monoisotopic (exact) mass is 208 g/mol. The number of hydrogen-bond donors (Lipinski definition) is 2. The molecule has 0 radical (unpaired) electrons. The third kappa shape index (κ3) is 2.27. The second-order valence-corrected chi connectivity index (χ2v) is 3.97. The Morgan fingerprint density at radius 3 is 2.80 bits per heavy atom. The fourth-order valence-electron chi connectivity index (χ4n) is 1.89. The summed E-state index contributed by atoms with van der Waals surface area (Å²) in [6.45, 7) is 2.12. The molecule has 2 rings (SSSR count). The first-order valence-corrected chi connectivity index (χ1v) is 5.25. The third-order valence-electron chi connectivity index (χ3n) is 2.86. The molecule has 4 nitrogen and oxygen atoms in total. The van der Waals surface area contributed by atoms with Gasteiger partial charge in [-0.1, -0.05) is 6.07 Å². The molecule has 1 saturated heterocycles. The van der Waals surface area contributed by atoms with Gasteiger partial charge in [-0.05, 0) is 18.1 Å². The Hall–Kier alpha value is -1.13. The SMILES string of the molecule is OCc1ccc(N2CCC(CO)C2)nc1. The van der Waals surface area contributed by atoms with E-state index in [0.717, 1.165) is 30.9 Å². The van der Waals surface area contributed by atoms with E-state index < -0.39 is 0 Å². The van der Waals surface area contributed by atoms with Crippen LogP contribution in [0, 0.1) is 5.92 Å². The lowest BCUT2D eigenvalue weighted by Crippen LogP contribution is -2.21. The van der Waals surface area contributed by atoms with Gasteiger partial charge in [0.25, 0.3) is 0 Å². The van der Waals surface area contributed by atoms with Crippen LogP contribution in [0.3, 0.4) is 0 Å². The molecule has 1 aromatic heterocycles. The summed E-state index contributed by atoms with van der Waals surface area (Å²) in [6.07, 6.45) is 2.72. The zero-order valence-corrected chi connectivity index (χ0v) is 8.63. The fraction of sp³-hybridized carbons (Fsp3) is 0.545. The Morgan fingerprint density at radius 1 is 1.40 bits per heavy atom. The van der Waals surface area contributed by atoms with Gasteiger partial charge in [-0.15, -0.1) is 0 Å². The molecule has 1 unspecified atom stereocenters. The van der Waals surface area contributed by atoms with Crippen LogP contribution in [0.2, 0.25) is 0 Å². The highest BCUT2D eigenvalue weighted by Crippen LogP contribution is 2.21. The number of aliphatic hydroxyl groups is 2. The van der Waals surface area contributed by atoms with Crippen molar-refractivity contribution in [2.75, 3.05) is 24.6 Å². The quantitative estimate of drug-likeness (QED) is 0.754. The molecule has 2 heterocycles. The molecule has 1 aromatic rings. The molecule has 1 fully saturated rings. The van der Waals surface area contributed by atoms with Gasteiger partial charge in [0.2, 0.25) is 0 Å². The van der Waals surface area contributed by atoms with Crippen molar-refractivity contribution >= 4 is 5.82 Å². The van der Waals surface area contributed by atoms with Crippen molar-refractivity contribution in [3.63, 3.8) is 0 Å². The lowest BCUT2D eigenvalue weighted by molar-refractivity contribution is 0.238. The molecular weight excluding hydrogens is 192 g/mol. The van der Waals surface area contributed by atoms with Crippen molar-refractivity contribution < 1.29 is 10.2 Å². The highest BCUT2D eigenvalue weighted by molar-refractivity contribution is 5.40. The molecule has 0 spiro atoms. The minimum Gasteiger partial charge on any atom is -0.396 e. The minimum absolute atomic E-state index is 0.0343. The molecular formula is C11H16N2O2. The van der Waals surface area contributed by atoms with Crippen LogP contribution in [0.4, 0.5) is 5.82 Å². The van der Waals surface area contributed by atoms with E-state index in [1.807, 2.05) is 12.1 Å². The van der Waals surface area contributed by atoms with Crippen molar-refractivity contribution in [2.24, 2.45) is 5.92 Å². The number of aliphatic hydroxyl groups excluding tert-OH is 2. The van der Waals surface area contributed by atoms with Crippen LogP contribution >= 0.6 is 0 Å². The molecule has 0 saturated carbocycles. The highest BCUT2D eigenvalue weighted by Gasteiger charge is 2.22. The molecule has 0 bridgehead atoms. The molecule has 0 aliphatic carbocycles. The van der Waals surface area contributed by atoms with Crippen LogP contribution in [-0.2, 0) is 6.61 Å². The van der Waals surface area contributed by atoms with E-state index in [-0.39, 0.29) is 13.2 Å². The molecule has 15 heavy (non-hydrogen) atoms. The summed E-state index contributed by atoms with van der Waals surface area (Å²) in [7, 11) is 0. The van der Waals surface area contributed by atoms with Crippen LogP contribution in [0.15, 0.2) is 18.3 Å². The van der Waals surface area contributed by atoms with Crippen molar-refractivity contribution in [1.29, 1.82) is 0 Å². The second-order valence-electron chi connectivity index (χ2n) is 3.97. The fourth-order valence-corrected chi connectivity index (χ4v) is 1.89. The van der Waals surface area contributed by atoms with Crippen LogP contribution in [0.5, 0.6) is 0 Å². The van der Waals surface area contributed by atoms with E-state index in [4.69, 9.17) is 10.2 Å². The van der Waals surface area contributed by atoms with Gasteiger partial charge in [0.15, 0.2) is 0 Å². The number of aromatic nitrogens is 1. The van der Waals surface area contributed by atoms with Crippen LogP contribution in [0.25, 0.3) is 0 Å². The van der Waals surface area contributed by atoms with E-state index in [1.54, 1.807) is 6.20 Å². The summed E-state index contributed by atoms with van der Waals surface area (Å²) < 4.78 is 0. The number of anilines is 1. The first-order chi connectivity index (χ1) is 7.33. The van der Waals surface area contributed by atoms with Crippen LogP contribution in [0.1, 0.15) is 12.0 Å². The zero-order valence-electron chi connectivity index (χ0n) is 8.63. The molecule has 0 aromatic carbocycles. The number of rotatable bonds is 3. The Balaban J connectivity index is 2.04. The van der Waals surface area contributed by atoms with E-state index in [2.05, 4.69) is 9.88 Å². The molecule has 4 heteroatoms. The molecule has 1 aliphatic rings. The minimum atomic E-state index is 0.0343. The zero-order chi connectivity index (χ0) is 10.7. The van der Waals surface area contributed by atoms with Gasteiger partial charge in [-0.3, -0.25) is 0 Å². The lowest BCUT2D eigenvalue weighted by atomic mass is 10.1. The maximum Gasteiger partial charge on any atom is 0.128 e. The molecule has 1 aliphatic heterocycles. The van der Waals surface area contributed by atoms with Gasteiger partial charge >= 0.3 is 0 Å². The summed E-state index contributed by atoms with van der Waals surface area (Å²) in [5, 5.41) is 17.9. The predicted molar refractivity (Wildman–Crippen MR) is 57.6 cm³/mol. The van der Waals surface area contributed by atoms with Crippen molar-refractivity contribution in [1.82, 2.24) is 4.98 Å². The number of pyridine rings is 1. The summed E-state index contributed by atoms with van der Waals surface area (Å²) in [5.41, 5.74) is 0.830. The summed E-state index contributed by atoms with van der Waals surface area (Å²) >= 11 is 0. The van der Waals surface area contributed by atoms with Gasteiger partial charge in [-0.25, -0.2) is 4.98 Å². The Kier molecular flexibility index (Phi) is 3.18. The largest absolute Gasteiger partial charge is 0.396 e. The Labute approximate surface area is 89.2 Å². The van der Waals surface area contributed by atoms with Crippen LogP contribution in [-0.4, -0.2) is 34.9 Å². The average molecular weight is 208 g/mol.